The molecule has 0 radical (unpaired) electrons. The quantitative estimate of drug-likeness (QED) is 0.882. The SMILES string of the molecule is CC(C)CC(C)Oc1ccc(C(F)(F)F)cc1CN. The van der Waals surface area contributed by atoms with Crippen LogP contribution in [0.1, 0.15) is 38.3 Å². The Morgan fingerprint density at radius 1 is 1.21 bits per heavy atom. The molecule has 0 aliphatic rings. The highest BCUT2D eigenvalue weighted by Gasteiger charge is 2.31. The maximum Gasteiger partial charge on any atom is 0.416 e. The molecule has 1 unspecified atom stereocenters. The summed E-state index contributed by atoms with van der Waals surface area (Å²) >= 11 is 0. The van der Waals surface area contributed by atoms with E-state index >= 15 is 0 Å². The largest absolute Gasteiger partial charge is 0.490 e. The van der Waals surface area contributed by atoms with E-state index in [0.717, 1.165) is 18.6 Å². The van der Waals surface area contributed by atoms with E-state index in [4.69, 9.17) is 10.5 Å². The number of hydrogen-bond acceptors (Lipinski definition) is 2. The van der Waals surface area contributed by atoms with Gasteiger partial charge in [0.15, 0.2) is 0 Å². The monoisotopic (exact) mass is 275 g/mol. The van der Waals surface area contributed by atoms with Gasteiger partial charge in [0, 0.05) is 12.1 Å². The molecular weight excluding hydrogens is 255 g/mol. The fraction of sp³-hybridized carbons (Fsp3) is 0.571. The summed E-state index contributed by atoms with van der Waals surface area (Å²) in [6.07, 6.45) is -3.57. The first-order valence-corrected chi connectivity index (χ1v) is 6.31. The molecule has 5 heteroatoms. The van der Waals surface area contributed by atoms with Gasteiger partial charge in [-0.3, -0.25) is 0 Å². The van der Waals surface area contributed by atoms with Crippen LogP contribution in [0, 0.1) is 5.92 Å². The lowest BCUT2D eigenvalue weighted by molar-refractivity contribution is -0.137. The first kappa shape index (κ1) is 15.8. The molecule has 0 spiro atoms. The maximum atomic E-state index is 12.6. The molecular formula is C14H20F3NO. The van der Waals surface area contributed by atoms with Crippen molar-refractivity contribution in [2.75, 3.05) is 0 Å². The lowest BCUT2D eigenvalue weighted by Gasteiger charge is -2.19. The highest BCUT2D eigenvalue weighted by atomic mass is 19.4. The molecule has 2 N–H and O–H groups in total. The van der Waals surface area contributed by atoms with Crippen LogP contribution in [0.3, 0.4) is 0 Å². The first-order valence-electron chi connectivity index (χ1n) is 6.31. The summed E-state index contributed by atoms with van der Waals surface area (Å²) in [5.74, 6) is 0.898. The summed E-state index contributed by atoms with van der Waals surface area (Å²) in [6.45, 7) is 6.05. The molecule has 0 aliphatic carbocycles. The standard InChI is InChI=1S/C14H20F3NO/c1-9(2)6-10(3)19-13-5-4-12(14(15,16)17)7-11(13)8-18/h4-5,7,9-10H,6,8,18H2,1-3H3. The van der Waals surface area contributed by atoms with Crippen LogP contribution < -0.4 is 10.5 Å². The lowest BCUT2D eigenvalue weighted by atomic mass is 10.1. The average Bonchev–Trinajstić information content (AvgIpc) is 2.26. The van der Waals surface area contributed by atoms with Gasteiger partial charge in [0.25, 0.3) is 0 Å². The molecule has 2 nitrogen and oxygen atoms in total. The van der Waals surface area contributed by atoms with Crippen molar-refractivity contribution in [3.05, 3.63) is 29.3 Å². The second kappa shape index (κ2) is 6.28. The van der Waals surface area contributed by atoms with Crippen molar-refractivity contribution < 1.29 is 17.9 Å². The molecule has 1 aromatic rings. The first-order chi connectivity index (χ1) is 8.74. The van der Waals surface area contributed by atoms with Gasteiger partial charge in [0.05, 0.1) is 11.7 Å². The van der Waals surface area contributed by atoms with Crippen LogP contribution in [0.2, 0.25) is 0 Å². The minimum atomic E-state index is -4.36. The average molecular weight is 275 g/mol. The summed E-state index contributed by atoms with van der Waals surface area (Å²) < 4.78 is 43.4. The number of halogens is 3. The Labute approximate surface area is 111 Å². The molecule has 0 amide bonds. The Hall–Kier alpha value is -1.23. The second-order valence-electron chi connectivity index (χ2n) is 5.08. The van der Waals surface area contributed by atoms with Crippen molar-refractivity contribution in [2.24, 2.45) is 11.7 Å². The molecule has 0 saturated heterocycles. The molecule has 0 bridgehead atoms. The lowest BCUT2D eigenvalue weighted by Crippen LogP contribution is -2.16. The third-order valence-corrected chi connectivity index (χ3v) is 2.74. The van der Waals surface area contributed by atoms with Crippen LogP contribution in [-0.2, 0) is 12.7 Å². The zero-order valence-corrected chi connectivity index (χ0v) is 11.4. The minimum Gasteiger partial charge on any atom is -0.490 e. The van der Waals surface area contributed by atoms with Crippen LogP contribution in [0.4, 0.5) is 13.2 Å². The van der Waals surface area contributed by atoms with Gasteiger partial charge in [0.2, 0.25) is 0 Å². The van der Waals surface area contributed by atoms with Crippen molar-refractivity contribution in [3.8, 4) is 5.75 Å². The summed E-state index contributed by atoms with van der Waals surface area (Å²) in [5, 5.41) is 0. The number of alkyl halides is 3. The van der Waals surface area contributed by atoms with E-state index in [9.17, 15) is 13.2 Å². The maximum absolute atomic E-state index is 12.6. The van der Waals surface area contributed by atoms with Crippen LogP contribution in [0.5, 0.6) is 5.75 Å². The van der Waals surface area contributed by atoms with Crippen molar-refractivity contribution >= 4 is 0 Å². The number of benzene rings is 1. The number of hydrogen-bond donors (Lipinski definition) is 1. The Balaban J connectivity index is 2.90. The second-order valence-corrected chi connectivity index (χ2v) is 5.08. The van der Waals surface area contributed by atoms with Crippen molar-refractivity contribution in [1.82, 2.24) is 0 Å². The molecule has 0 fully saturated rings. The van der Waals surface area contributed by atoms with E-state index in [1.807, 2.05) is 6.92 Å². The predicted octanol–water partition coefficient (Wildman–Crippen LogP) is 3.98. The molecule has 1 rings (SSSR count). The molecule has 1 aromatic carbocycles. The fourth-order valence-corrected chi connectivity index (χ4v) is 1.96. The van der Waals surface area contributed by atoms with Crippen molar-refractivity contribution in [2.45, 2.75) is 46.0 Å². The van der Waals surface area contributed by atoms with Gasteiger partial charge >= 0.3 is 6.18 Å². The van der Waals surface area contributed by atoms with Gasteiger partial charge < -0.3 is 10.5 Å². The molecule has 19 heavy (non-hydrogen) atoms. The number of rotatable bonds is 5. The van der Waals surface area contributed by atoms with E-state index in [-0.39, 0.29) is 12.6 Å². The summed E-state index contributed by atoms with van der Waals surface area (Å²) in [4.78, 5) is 0. The van der Waals surface area contributed by atoms with Gasteiger partial charge in [-0.2, -0.15) is 13.2 Å². The Kier molecular flexibility index (Phi) is 5.23. The van der Waals surface area contributed by atoms with Crippen LogP contribution in [0.25, 0.3) is 0 Å². The van der Waals surface area contributed by atoms with E-state index in [0.29, 0.717) is 17.2 Å². The molecule has 1 atom stereocenters. The minimum absolute atomic E-state index is 0.0215. The van der Waals surface area contributed by atoms with Gasteiger partial charge in [-0.15, -0.1) is 0 Å². The van der Waals surface area contributed by atoms with Crippen molar-refractivity contribution in [3.63, 3.8) is 0 Å². The Bertz CT molecular complexity index is 416. The highest BCUT2D eigenvalue weighted by molar-refractivity contribution is 5.38. The molecule has 108 valence electrons. The zero-order chi connectivity index (χ0) is 14.6. The third kappa shape index (κ3) is 4.74. The van der Waals surface area contributed by atoms with Gasteiger partial charge in [-0.25, -0.2) is 0 Å². The summed E-state index contributed by atoms with van der Waals surface area (Å²) in [6, 6.07) is 3.43. The van der Waals surface area contributed by atoms with Gasteiger partial charge in [-0.05, 0) is 37.5 Å². The van der Waals surface area contributed by atoms with E-state index in [1.54, 1.807) is 0 Å². The van der Waals surface area contributed by atoms with E-state index in [1.165, 1.54) is 6.07 Å². The molecule has 0 heterocycles. The van der Waals surface area contributed by atoms with Crippen LogP contribution in [0.15, 0.2) is 18.2 Å². The number of ether oxygens (including phenoxy) is 1. The van der Waals surface area contributed by atoms with E-state index < -0.39 is 11.7 Å². The fourth-order valence-electron chi connectivity index (χ4n) is 1.96. The van der Waals surface area contributed by atoms with Gasteiger partial charge in [0.1, 0.15) is 5.75 Å². The smallest absolute Gasteiger partial charge is 0.416 e. The summed E-state index contributed by atoms with van der Waals surface area (Å²) in [5.41, 5.74) is 5.18. The van der Waals surface area contributed by atoms with Crippen LogP contribution in [-0.4, -0.2) is 6.10 Å². The molecule has 0 aromatic heterocycles. The Morgan fingerprint density at radius 3 is 2.32 bits per heavy atom. The topological polar surface area (TPSA) is 35.2 Å². The zero-order valence-electron chi connectivity index (χ0n) is 11.4. The Morgan fingerprint density at radius 2 is 1.84 bits per heavy atom. The van der Waals surface area contributed by atoms with Crippen LogP contribution >= 0.6 is 0 Å². The van der Waals surface area contributed by atoms with Crippen molar-refractivity contribution in [1.29, 1.82) is 0 Å². The third-order valence-electron chi connectivity index (χ3n) is 2.74. The predicted molar refractivity (Wildman–Crippen MR) is 68.9 cm³/mol. The van der Waals surface area contributed by atoms with E-state index in [2.05, 4.69) is 13.8 Å². The van der Waals surface area contributed by atoms with Gasteiger partial charge in [-0.1, -0.05) is 13.8 Å². The highest BCUT2D eigenvalue weighted by Crippen LogP contribution is 2.33. The molecule has 0 saturated carbocycles. The number of nitrogens with two attached hydrogens (primary N) is 1. The normalized spacial score (nSPS) is 13.7. The molecule has 0 aliphatic heterocycles. The summed E-state index contributed by atoms with van der Waals surface area (Å²) in [7, 11) is 0.